The summed E-state index contributed by atoms with van der Waals surface area (Å²) in [5.74, 6) is 0.918. The second kappa shape index (κ2) is 11.5. The van der Waals surface area contributed by atoms with Gasteiger partial charge in [-0.05, 0) is 49.2 Å². The maximum Gasteiger partial charge on any atom is 0.358 e. The summed E-state index contributed by atoms with van der Waals surface area (Å²) in [5.41, 5.74) is 3.95. The van der Waals surface area contributed by atoms with Gasteiger partial charge in [0.25, 0.3) is 11.8 Å². The van der Waals surface area contributed by atoms with Crippen molar-refractivity contribution in [3.05, 3.63) is 93.5 Å². The Morgan fingerprint density at radius 2 is 1.63 bits per heavy atom. The number of ether oxygens (including phenoxy) is 2. The number of amides is 2. The lowest BCUT2D eigenvalue weighted by atomic mass is 10.1. The van der Waals surface area contributed by atoms with E-state index < -0.39 is 11.9 Å². The van der Waals surface area contributed by atoms with Gasteiger partial charge in [0.05, 0.1) is 59.7 Å². The molecule has 46 heavy (non-hydrogen) atoms. The first-order valence-corrected chi connectivity index (χ1v) is 15.1. The summed E-state index contributed by atoms with van der Waals surface area (Å²) in [6, 6.07) is 9.84. The summed E-state index contributed by atoms with van der Waals surface area (Å²) in [6.07, 6.45) is 10.3. The Morgan fingerprint density at radius 3 is 2.41 bits per heavy atom. The van der Waals surface area contributed by atoms with Crippen molar-refractivity contribution in [2.45, 2.75) is 31.8 Å². The summed E-state index contributed by atoms with van der Waals surface area (Å²) in [4.78, 5) is 64.5. The summed E-state index contributed by atoms with van der Waals surface area (Å²) in [7, 11) is 1.63. The molecule has 1 fully saturated rings. The van der Waals surface area contributed by atoms with Crippen molar-refractivity contribution in [1.82, 2.24) is 28.9 Å². The average molecular weight is 639 g/mol. The van der Waals surface area contributed by atoms with Crippen molar-refractivity contribution < 1.29 is 28.7 Å². The Labute approximate surface area is 268 Å². The third-order valence-electron chi connectivity index (χ3n) is 8.48. The number of terminal acetylenes is 1. The smallest absolute Gasteiger partial charge is 0.358 e. The first kappa shape index (κ1) is 29.3. The van der Waals surface area contributed by atoms with E-state index in [4.69, 9.17) is 27.5 Å². The van der Waals surface area contributed by atoms with Crippen LogP contribution in [0.2, 0.25) is 5.02 Å². The van der Waals surface area contributed by atoms with E-state index in [1.165, 1.54) is 17.6 Å². The summed E-state index contributed by atoms with van der Waals surface area (Å²) in [5, 5.41) is 0.424. The molecule has 7 rings (SSSR count). The molecule has 232 valence electrons. The monoisotopic (exact) mass is 638 g/mol. The first-order valence-electron chi connectivity index (χ1n) is 14.7. The molecule has 13 heteroatoms. The fourth-order valence-corrected chi connectivity index (χ4v) is 6.47. The lowest BCUT2D eigenvalue weighted by Gasteiger charge is -2.22. The van der Waals surface area contributed by atoms with Gasteiger partial charge >= 0.3 is 11.9 Å². The van der Waals surface area contributed by atoms with Gasteiger partial charge in [-0.15, -0.1) is 6.42 Å². The Morgan fingerprint density at radius 1 is 0.957 bits per heavy atom. The molecule has 5 heterocycles. The lowest BCUT2D eigenvalue weighted by molar-refractivity contribution is 0.0383. The molecule has 1 saturated heterocycles. The molecule has 2 aromatic carbocycles. The number of rotatable bonds is 6. The van der Waals surface area contributed by atoms with E-state index in [0.29, 0.717) is 57.4 Å². The standard InChI is InChI=1S/C33H27ClN6O6/c1-3-19-7-9-24-21(14-19)31(42)38-11-4-6-25(38)29-28(36-18-40(24)29)33(44)46-13-5-12-45-32(43)27-26-16-37(2)30(41)22-15-20(34)8-10-23(22)39(26)17-35-27/h1,7-10,14-15,17-18,25H,4-6,11-13,16H2,2H3/t25-/m0/s1. The topological polar surface area (TPSA) is 129 Å². The molecule has 0 saturated carbocycles. The van der Waals surface area contributed by atoms with E-state index >= 15 is 0 Å². The van der Waals surface area contributed by atoms with Crippen molar-refractivity contribution >= 4 is 35.4 Å². The fraction of sp³-hybridized carbons (Fsp3) is 0.273. The molecule has 2 aromatic heterocycles. The highest BCUT2D eigenvalue weighted by Gasteiger charge is 2.40. The van der Waals surface area contributed by atoms with Crippen LogP contribution in [0, 0.1) is 12.3 Å². The zero-order chi connectivity index (χ0) is 32.1. The average Bonchev–Trinajstić information content (AvgIpc) is 3.79. The molecule has 0 aliphatic carbocycles. The molecule has 0 radical (unpaired) electrons. The van der Waals surface area contributed by atoms with Gasteiger partial charge in [-0.1, -0.05) is 17.5 Å². The fourth-order valence-electron chi connectivity index (χ4n) is 6.30. The molecular formula is C33H27ClN6O6. The quantitative estimate of drug-likeness (QED) is 0.176. The van der Waals surface area contributed by atoms with E-state index in [-0.39, 0.29) is 55.4 Å². The highest BCUT2D eigenvalue weighted by Crippen LogP contribution is 2.40. The third-order valence-corrected chi connectivity index (χ3v) is 8.71. The molecule has 0 unspecified atom stereocenters. The largest absolute Gasteiger partial charge is 0.461 e. The van der Waals surface area contributed by atoms with Crippen LogP contribution in [0.1, 0.15) is 83.9 Å². The Kier molecular flexibility index (Phi) is 7.33. The number of hydrogen-bond donors (Lipinski definition) is 0. The molecule has 0 bridgehead atoms. The van der Waals surface area contributed by atoms with Crippen molar-refractivity contribution in [3.63, 3.8) is 0 Å². The number of carbonyl (C=O) groups is 4. The van der Waals surface area contributed by atoms with Crippen LogP contribution < -0.4 is 0 Å². The maximum absolute atomic E-state index is 13.4. The molecular weight excluding hydrogens is 612 g/mol. The van der Waals surface area contributed by atoms with E-state index in [1.807, 2.05) is 0 Å². The maximum atomic E-state index is 13.4. The van der Waals surface area contributed by atoms with Crippen molar-refractivity contribution in [1.29, 1.82) is 0 Å². The van der Waals surface area contributed by atoms with Crippen molar-refractivity contribution in [3.8, 4) is 23.7 Å². The molecule has 2 amide bonds. The number of esters is 2. The third kappa shape index (κ3) is 4.80. The number of carbonyl (C=O) groups excluding carboxylic acids is 4. The minimum absolute atomic E-state index is 0.0273. The van der Waals surface area contributed by atoms with Gasteiger partial charge in [-0.25, -0.2) is 19.6 Å². The Balaban J connectivity index is 1.02. The van der Waals surface area contributed by atoms with Crippen LogP contribution in [0.15, 0.2) is 49.1 Å². The summed E-state index contributed by atoms with van der Waals surface area (Å²) in [6.45, 7) is 0.639. The predicted octanol–water partition coefficient (Wildman–Crippen LogP) is 3.97. The number of imidazole rings is 2. The van der Waals surface area contributed by atoms with Gasteiger partial charge in [-0.3, -0.25) is 18.7 Å². The van der Waals surface area contributed by atoms with E-state index in [2.05, 4.69) is 15.9 Å². The normalized spacial score (nSPS) is 16.3. The number of nitrogens with zero attached hydrogens (tertiary/aromatic N) is 6. The van der Waals surface area contributed by atoms with Gasteiger partial charge in [0.2, 0.25) is 0 Å². The molecule has 4 aromatic rings. The van der Waals surface area contributed by atoms with Crippen LogP contribution in [0.5, 0.6) is 0 Å². The molecule has 1 atom stereocenters. The molecule has 0 spiro atoms. The predicted molar refractivity (Wildman–Crippen MR) is 164 cm³/mol. The molecule has 3 aliphatic rings. The number of fused-ring (bicyclic) bond motifs is 8. The second-order valence-corrected chi connectivity index (χ2v) is 11.7. The lowest BCUT2D eigenvalue weighted by Crippen LogP contribution is -2.30. The zero-order valence-corrected chi connectivity index (χ0v) is 25.5. The van der Waals surface area contributed by atoms with Crippen LogP contribution in [0.25, 0.3) is 11.4 Å². The summed E-state index contributed by atoms with van der Waals surface area (Å²) < 4.78 is 14.5. The van der Waals surface area contributed by atoms with Crippen LogP contribution >= 0.6 is 11.6 Å². The number of aromatic nitrogens is 4. The van der Waals surface area contributed by atoms with E-state index in [9.17, 15) is 19.2 Å². The van der Waals surface area contributed by atoms with Gasteiger partial charge in [0.15, 0.2) is 11.4 Å². The number of benzene rings is 2. The Hall–Kier alpha value is -5.41. The van der Waals surface area contributed by atoms with Gasteiger partial charge < -0.3 is 19.3 Å². The highest BCUT2D eigenvalue weighted by atomic mass is 35.5. The Bertz CT molecular complexity index is 1990. The van der Waals surface area contributed by atoms with Crippen molar-refractivity contribution in [2.75, 3.05) is 26.8 Å². The van der Waals surface area contributed by atoms with Gasteiger partial charge in [-0.2, -0.15) is 0 Å². The number of halogens is 1. The van der Waals surface area contributed by atoms with Crippen LogP contribution in [0.3, 0.4) is 0 Å². The van der Waals surface area contributed by atoms with E-state index in [1.54, 1.807) is 57.5 Å². The summed E-state index contributed by atoms with van der Waals surface area (Å²) >= 11 is 6.12. The van der Waals surface area contributed by atoms with Gasteiger partial charge in [0.1, 0.15) is 12.7 Å². The second-order valence-electron chi connectivity index (χ2n) is 11.2. The zero-order valence-electron chi connectivity index (χ0n) is 24.7. The van der Waals surface area contributed by atoms with E-state index in [0.717, 1.165) is 6.42 Å². The SMILES string of the molecule is C#Cc1ccc2c(c1)C(=O)N1CCC[C@H]1c1c(C(=O)OCCCOC(=O)c3ncn4c3CN(C)C(=O)c3cc(Cl)ccc3-4)ncn1-2. The minimum atomic E-state index is -0.657. The molecule has 3 aliphatic heterocycles. The van der Waals surface area contributed by atoms with Crippen LogP contribution in [-0.2, 0) is 16.0 Å². The first-order chi connectivity index (χ1) is 22.3. The number of hydrogen-bond acceptors (Lipinski definition) is 8. The van der Waals surface area contributed by atoms with Crippen LogP contribution in [0.4, 0.5) is 0 Å². The van der Waals surface area contributed by atoms with Gasteiger partial charge in [0, 0.05) is 30.6 Å². The molecule has 12 nitrogen and oxygen atoms in total. The van der Waals surface area contributed by atoms with Crippen LogP contribution in [-0.4, -0.2) is 79.5 Å². The minimum Gasteiger partial charge on any atom is -0.461 e. The van der Waals surface area contributed by atoms with Crippen molar-refractivity contribution in [2.24, 2.45) is 0 Å². The highest BCUT2D eigenvalue weighted by molar-refractivity contribution is 6.31. The molecule has 0 N–H and O–H groups in total.